The van der Waals surface area contributed by atoms with Crippen LogP contribution in [0.1, 0.15) is 18.6 Å². The minimum atomic E-state index is 0.362. The standard InChI is InChI=1S/C12H12ClN5O/c1-2-8-5-15-10(19-8)6-18-11-9(17-12(18)14)3-7(13)4-16-11/h3-5H,2,6H2,1H3,(H2,14,17). The lowest BCUT2D eigenvalue weighted by atomic mass is 10.4. The Morgan fingerprint density at radius 3 is 2.95 bits per heavy atom. The molecule has 0 atom stereocenters. The smallest absolute Gasteiger partial charge is 0.214 e. The van der Waals surface area contributed by atoms with Gasteiger partial charge in [0.05, 0.1) is 11.2 Å². The van der Waals surface area contributed by atoms with Gasteiger partial charge in [0.15, 0.2) is 5.65 Å². The van der Waals surface area contributed by atoms with Crippen molar-refractivity contribution in [3.8, 4) is 0 Å². The molecule has 0 radical (unpaired) electrons. The number of pyridine rings is 1. The number of nitrogens with two attached hydrogens (primary N) is 1. The van der Waals surface area contributed by atoms with Crippen LogP contribution in [-0.4, -0.2) is 19.5 Å². The van der Waals surface area contributed by atoms with Gasteiger partial charge in [-0.3, -0.25) is 4.57 Å². The molecule has 3 rings (SSSR count). The number of hydrogen-bond donors (Lipinski definition) is 1. The Bertz CT molecular complexity index is 733. The first-order valence-electron chi connectivity index (χ1n) is 5.88. The van der Waals surface area contributed by atoms with Crippen molar-refractivity contribution in [1.29, 1.82) is 0 Å². The van der Waals surface area contributed by atoms with Crippen LogP contribution >= 0.6 is 11.6 Å². The molecular formula is C12H12ClN5O. The molecule has 3 aromatic rings. The molecule has 0 unspecified atom stereocenters. The van der Waals surface area contributed by atoms with Gasteiger partial charge in [0.1, 0.15) is 17.8 Å². The van der Waals surface area contributed by atoms with Crippen molar-refractivity contribution < 1.29 is 4.42 Å². The molecule has 3 heterocycles. The summed E-state index contributed by atoms with van der Waals surface area (Å²) in [6.07, 6.45) is 4.09. The summed E-state index contributed by atoms with van der Waals surface area (Å²) >= 11 is 5.88. The summed E-state index contributed by atoms with van der Waals surface area (Å²) in [5.41, 5.74) is 7.21. The first-order chi connectivity index (χ1) is 9.17. The maximum absolute atomic E-state index is 5.89. The Hall–Kier alpha value is -2.08. The van der Waals surface area contributed by atoms with Crippen molar-refractivity contribution >= 4 is 28.7 Å². The summed E-state index contributed by atoms with van der Waals surface area (Å²) in [5, 5.41) is 0.529. The SMILES string of the molecule is CCc1cnc(Cn2c(N)nc3cc(Cl)cnc32)o1. The van der Waals surface area contributed by atoms with Gasteiger partial charge in [-0.25, -0.2) is 15.0 Å². The highest BCUT2D eigenvalue weighted by molar-refractivity contribution is 6.31. The van der Waals surface area contributed by atoms with E-state index in [1.807, 2.05) is 6.92 Å². The number of rotatable bonds is 3. The zero-order chi connectivity index (χ0) is 13.4. The first-order valence-corrected chi connectivity index (χ1v) is 6.26. The molecule has 0 aliphatic carbocycles. The number of nitrogens with zero attached hydrogens (tertiary/aromatic N) is 4. The highest BCUT2D eigenvalue weighted by atomic mass is 35.5. The number of aryl methyl sites for hydroxylation is 1. The van der Waals surface area contributed by atoms with Gasteiger partial charge in [0.25, 0.3) is 0 Å². The Morgan fingerprint density at radius 2 is 2.21 bits per heavy atom. The Morgan fingerprint density at radius 1 is 1.37 bits per heavy atom. The molecule has 0 bridgehead atoms. The number of fused-ring (bicyclic) bond motifs is 1. The lowest BCUT2D eigenvalue weighted by Gasteiger charge is -2.02. The lowest BCUT2D eigenvalue weighted by Crippen LogP contribution is -2.05. The topological polar surface area (TPSA) is 82.8 Å². The molecule has 0 saturated heterocycles. The van der Waals surface area contributed by atoms with E-state index in [9.17, 15) is 0 Å². The predicted octanol–water partition coefficient (Wildman–Crippen LogP) is 2.27. The highest BCUT2D eigenvalue weighted by Gasteiger charge is 2.12. The molecule has 98 valence electrons. The van der Waals surface area contributed by atoms with Crippen LogP contribution in [0.25, 0.3) is 11.2 Å². The molecule has 3 aromatic heterocycles. The summed E-state index contributed by atoms with van der Waals surface area (Å²) in [6, 6.07) is 1.73. The number of nitrogen functional groups attached to an aromatic ring is 1. The van der Waals surface area contributed by atoms with Crippen LogP contribution in [0, 0.1) is 0 Å². The monoisotopic (exact) mass is 277 g/mol. The van der Waals surface area contributed by atoms with Crippen molar-refractivity contribution in [2.45, 2.75) is 19.9 Å². The highest BCUT2D eigenvalue weighted by Crippen LogP contribution is 2.20. The van der Waals surface area contributed by atoms with Crippen LogP contribution in [0.15, 0.2) is 22.9 Å². The average molecular weight is 278 g/mol. The van der Waals surface area contributed by atoms with E-state index in [-0.39, 0.29) is 0 Å². The van der Waals surface area contributed by atoms with Crippen LogP contribution in [0.2, 0.25) is 5.02 Å². The fourth-order valence-corrected chi connectivity index (χ4v) is 2.03. The van der Waals surface area contributed by atoms with Gasteiger partial charge in [-0.15, -0.1) is 0 Å². The van der Waals surface area contributed by atoms with E-state index in [0.29, 0.717) is 34.6 Å². The number of halogens is 1. The van der Waals surface area contributed by atoms with E-state index < -0.39 is 0 Å². The van der Waals surface area contributed by atoms with Crippen molar-refractivity contribution in [1.82, 2.24) is 19.5 Å². The molecule has 2 N–H and O–H groups in total. The van der Waals surface area contributed by atoms with E-state index in [0.717, 1.165) is 12.2 Å². The molecule has 0 spiro atoms. The summed E-state index contributed by atoms with van der Waals surface area (Å²) in [5.74, 6) is 1.79. The maximum Gasteiger partial charge on any atom is 0.214 e. The van der Waals surface area contributed by atoms with Crippen molar-refractivity contribution in [2.75, 3.05) is 5.73 Å². The second-order valence-electron chi connectivity index (χ2n) is 4.13. The molecule has 0 saturated carbocycles. The largest absolute Gasteiger partial charge is 0.444 e. The molecule has 0 fully saturated rings. The molecule has 0 aromatic carbocycles. The molecule has 19 heavy (non-hydrogen) atoms. The van der Waals surface area contributed by atoms with Gasteiger partial charge in [0, 0.05) is 12.6 Å². The normalized spacial score (nSPS) is 11.3. The average Bonchev–Trinajstić information content (AvgIpc) is 2.95. The number of hydrogen-bond acceptors (Lipinski definition) is 5. The van der Waals surface area contributed by atoms with Crippen LogP contribution in [0.3, 0.4) is 0 Å². The number of aromatic nitrogens is 4. The number of imidazole rings is 1. The fraction of sp³-hybridized carbons (Fsp3) is 0.250. The third kappa shape index (κ3) is 2.15. The van der Waals surface area contributed by atoms with Crippen molar-refractivity contribution in [3.05, 3.63) is 35.1 Å². The second kappa shape index (κ2) is 4.55. The van der Waals surface area contributed by atoms with Crippen molar-refractivity contribution in [3.63, 3.8) is 0 Å². The van der Waals surface area contributed by atoms with Gasteiger partial charge in [0.2, 0.25) is 11.8 Å². The van der Waals surface area contributed by atoms with Gasteiger partial charge in [-0.2, -0.15) is 0 Å². The summed E-state index contributed by atoms with van der Waals surface area (Å²) < 4.78 is 7.31. The molecular weight excluding hydrogens is 266 g/mol. The van der Waals surface area contributed by atoms with Gasteiger partial charge >= 0.3 is 0 Å². The van der Waals surface area contributed by atoms with Gasteiger partial charge < -0.3 is 10.2 Å². The van der Waals surface area contributed by atoms with E-state index in [4.69, 9.17) is 21.8 Å². The molecule has 7 heteroatoms. The summed E-state index contributed by atoms with van der Waals surface area (Å²) in [4.78, 5) is 12.7. The zero-order valence-electron chi connectivity index (χ0n) is 10.3. The predicted molar refractivity (Wildman–Crippen MR) is 71.9 cm³/mol. The third-order valence-electron chi connectivity index (χ3n) is 2.82. The molecule has 6 nitrogen and oxygen atoms in total. The van der Waals surface area contributed by atoms with Gasteiger partial charge in [-0.05, 0) is 6.07 Å². The molecule has 0 amide bonds. The number of anilines is 1. The van der Waals surface area contributed by atoms with Crippen LogP contribution in [-0.2, 0) is 13.0 Å². The fourth-order valence-electron chi connectivity index (χ4n) is 1.88. The Kier molecular flexibility index (Phi) is 2.87. The quantitative estimate of drug-likeness (QED) is 0.794. The maximum atomic E-state index is 5.89. The number of oxazole rings is 1. The lowest BCUT2D eigenvalue weighted by molar-refractivity contribution is 0.449. The van der Waals surface area contributed by atoms with Crippen molar-refractivity contribution in [2.24, 2.45) is 0 Å². The second-order valence-corrected chi connectivity index (χ2v) is 4.56. The van der Waals surface area contributed by atoms with Crippen LogP contribution in [0.5, 0.6) is 0 Å². The zero-order valence-corrected chi connectivity index (χ0v) is 11.1. The summed E-state index contributed by atoms with van der Waals surface area (Å²) in [7, 11) is 0. The van der Waals surface area contributed by atoms with E-state index in [2.05, 4.69) is 15.0 Å². The summed E-state index contributed by atoms with van der Waals surface area (Å²) in [6.45, 7) is 2.41. The minimum absolute atomic E-state index is 0.362. The third-order valence-corrected chi connectivity index (χ3v) is 3.03. The van der Waals surface area contributed by atoms with E-state index in [1.54, 1.807) is 23.0 Å². The first kappa shape index (κ1) is 12.0. The van der Waals surface area contributed by atoms with E-state index in [1.165, 1.54) is 0 Å². The van der Waals surface area contributed by atoms with Crippen LogP contribution < -0.4 is 5.73 Å². The minimum Gasteiger partial charge on any atom is -0.444 e. The molecule has 0 aliphatic rings. The van der Waals surface area contributed by atoms with Crippen LogP contribution in [0.4, 0.5) is 5.95 Å². The van der Waals surface area contributed by atoms with Gasteiger partial charge in [-0.1, -0.05) is 18.5 Å². The molecule has 0 aliphatic heterocycles. The Labute approximate surface area is 114 Å². The van der Waals surface area contributed by atoms with E-state index >= 15 is 0 Å². The Balaban J connectivity index is 2.02.